The lowest BCUT2D eigenvalue weighted by atomic mass is 10.0. The molecule has 0 atom stereocenters. The molecule has 2 amide bonds. The summed E-state index contributed by atoms with van der Waals surface area (Å²) >= 11 is 0. The number of carbonyl (C=O) groups is 1. The van der Waals surface area contributed by atoms with E-state index in [-0.39, 0.29) is 11.8 Å². The van der Waals surface area contributed by atoms with E-state index < -0.39 is 0 Å². The normalized spacial score (nSPS) is 10.1. The molecule has 162 valence electrons. The Bertz CT molecular complexity index is 1280. The first-order valence-corrected chi connectivity index (χ1v) is 10.4. The summed E-state index contributed by atoms with van der Waals surface area (Å²) < 4.78 is 13.2. The van der Waals surface area contributed by atoms with E-state index >= 15 is 0 Å². The number of rotatable bonds is 5. The molecule has 0 aliphatic carbocycles. The molecule has 2 aromatic carbocycles. The minimum atomic E-state index is -0.310. The highest BCUT2D eigenvalue weighted by Crippen LogP contribution is 2.24. The number of benzene rings is 2. The number of nitrogens with one attached hydrogen (secondary N) is 2. The highest BCUT2D eigenvalue weighted by atomic mass is 19.1. The molecule has 2 N–H and O–H groups in total. The molecule has 0 radical (unpaired) electrons. The number of urea groups is 1. The van der Waals surface area contributed by atoms with Gasteiger partial charge in [0.25, 0.3) is 0 Å². The number of amides is 2. The molecular formula is C27H21FN4O. The first-order chi connectivity index (χ1) is 16.2. The fraction of sp³-hybridized carbons (Fsp3) is 0.0741. The molecule has 0 fully saturated rings. The van der Waals surface area contributed by atoms with Crippen molar-refractivity contribution in [3.05, 3.63) is 114 Å². The van der Waals surface area contributed by atoms with Crippen molar-refractivity contribution < 1.29 is 9.18 Å². The average molecular weight is 436 g/mol. The molecule has 4 rings (SSSR count). The van der Waals surface area contributed by atoms with E-state index in [0.717, 1.165) is 16.8 Å². The Balaban J connectivity index is 1.51. The largest absolute Gasteiger partial charge is 0.338 e. The Kier molecular flexibility index (Phi) is 7.04. The fourth-order valence-corrected chi connectivity index (χ4v) is 3.19. The van der Waals surface area contributed by atoms with Gasteiger partial charge >= 0.3 is 6.03 Å². The van der Waals surface area contributed by atoms with Crippen LogP contribution in [-0.4, -0.2) is 22.5 Å². The molecule has 2 heterocycles. The lowest BCUT2D eigenvalue weighted by molar-refractivity contribution is 0.252. The molecule has 0 saturated heterocycles. The number of aromatic nitrogens is 2. The van der Waals surface area contributed by atoms with Gasteiger partial charge in [0.15, 0.2) is 0 Å². The van der Waals surface area contributed by atoms with Crippen LogP contribution in [-0.2, 0) is 6.42 Å². The summed E-state index contributed by atoms with van der Waals surface area (Å²) in [6.45, 7) is 0.487. The van der Waals surface area contributed by atoms with E-state index in [2.05, 4.69) is 32.4 Å². The summed E-state index contributed by atoms with van der Waals surface area (Å²) in [5.74, 6) is 5.88. The SMILES string of the molecule is O=C(NCCc1cccnc1)Nc1ccc(-c2ccccn2)c(C#Cc2ccc(F)cc2)c1. The first-order valence-electron chi connectivity index (χ1n) is 10.4. The van der Waals surface area contributed by atoms with E-state index in [4.69, 9.17) is 0 Å². The van der Waals surface area contributed by atoms with E-state index in [1.165, 1.54) is 12.1 Å². The number of hydrogen-bond donors (Lipinski definition) is 2. The second kappa shape index (κ2) is 10.7. The molecule has 0 unspecified atom stereocenters. The van der Waals surface area contributed by atoms with Gasteiger partial charge in [0.05, 0.1) is 5.69 Å². The summed E-state index contributed by atoms with van der Waals surface area (Å²) in [5.41, 5.74) is 4.66. The molecule has 0 saturated carbocycles. The zero-order valence-corrected chi connectivity index (χ0v) is 17.8. The zero-order chi connectivity index (χ0) is 22.9. The summed E-state index contributed by atoms with van der Waals surface area (Å²) in [5, 5.41) is 5.70. The van der Waals surface area contributed by atoms with Crippen LogP contribution in [0.1, 0.15) is 16.7 Å². The summed E-state index contributed by atoms with van der Waals surface area (Å²) in [7, 11) is 0. The number of halogens is 1. The van der Waals surface area contributed by atoms with Gasteiger partial charge < -0.3 is 10.6 Å². The lowest BCUT2D eigenvalue weighted by Gasteiger charge is -2.10. The van der Waals surface area contributed by atoms with E-state index in [1.54, 1.807) is 36.8 Å². The van der Waals surface area contributed by atoms with Gasteiger partial charge in [0.2, 0.25) is 0 Å². The molecule has 6 heteroatoms. The number of carbonyl (C=O) groups excluding carboxylic acids is 1. The molecule has 2 aromatic heterocycles. The van der Waals surface area contributed by atoms with Crippen LogP contribution in [0.15, 0.2) is 91.4 Å². The number of pyridine rings is 2. The third kappa shape index (κ3) is 6.25. The predicted octanol–water partition coefficient (Wildman–Crippen LogP) is 5.05. The topological polar surface area (TPSA) is 66.9 Å². The van der Waals surface area contributed by atoms with Crippen molar-refractivity contribution in [3.63, 3.8) is 0 Å². The van der Waals surface area contributed by atoms with E-state index in [1.807, 2.05) is 42.5 Å². The van der Waals surface area contributed by atoms with Crippen molar-refractivity contribution >= 4 is 11.7 Å². The predicted molar refractivity (Wildman–Crippen MR) is 127 cm³/mol. The minimum absolute atomic E-state index is 0.304. The van der Waals surface area contributed by atoms with Crippen LogP contribution in [0, 0.1) is 17.7 Å². The number of hydrogen-bond acceptors (Lipinski definition) is 3. The van der Waals surface area contributed by atoms with Gasteiger partial charge in [-0.25, -0.2) is 9.18 Å². The van der Waals surface area contributed by atoms with Gasteiger partial charge in [0, 0.05) is 47.5 Å². The van der Waals surface area contributed by atoms with Gasteiger partial charge in [0.1, 0.15) is 5.82 Å². The smallest absolute Gasteiger partial charge is 0.319 e. The van der Waals surface area contributed by atoms with Gasteiger partial charge in [-0.15, -0.1) is 0 Å². The maximum Gasteiger partial charge on any atom is 0.319 e. The van der Waals surface area contributed by atoms with Crippen LogP contribution >= 0.6 is 0 Å². The molecule has 0 spiro atoms. The summed E-state index contributed by atoms with van der Waals surface area (Å²) in [4.78, 5) is 20.8. The quantitative estimate of drug-likeness (QED) is 0.431. The third-order valence-corrected chi connectivity index (χ3v) is 4.83. The first kappa shape index (κ1) is 21.7. The fourth-order valence-electron chi connectivity index (χ4n) is 3.19. The molecule has 4 aromatic rings. The van der Waals surface area contributed by atoms with Crippen molar-refractivity contribution in [2.75, 3.05) is 11.9 Å². The second-order valence-electron chi connectivity index (χ2n) is 7.22. The Morgan fingerprint density at radius 1 is 0.939 bits per heavy atom. The maximum atomic E-state index is 13.2. The van der Waals surface area contributed by atoms with Crippen LogP contribution in [0.25, 0.3) is 11.3 Å². The number of nitrogens with zero attached hydrogens (tertiary/aromatic N) is 2. The molecule has 0 aliphatic rings. The second-order valence-corrected chi connectivity index (χ2v) is 7.22. The van der Waals surface area contributed by atoms with Crippen molar-refractivity contribution in [2.45, 2.75) is 6.42 Å². The summed E-state index contributed by atoms with van der Waals surface area (Å²) in [6.07, 6.45) is 5.90. The third-order valence-electron chi connectivity index (χ3n) is 4.83. The molecule has 33 heavy (non-hydrogen) atoms. The van der Waals surface area contributed by atoms with Crippen molar-refractivity contribution in [1.29, 1.82) is 0 Å². The van der Waals surface area contributed by atoms with Crippen LogP contribution < -0.4 is 10.6 Å². The van der Waals surface area contributed by atoms with Gasteiger partial charge in [-0.2, -0.15) is 0 Å². The lowest BCUT2D eigenvalue weighted by Crippen LogP contribution is -2.30. The van der Waals surface area contributed by atoms with Gasteiger partial charge in [-0.05, 0) is 72.6 Å². The van der Waals surface area contributed by atoms with Crippen molar-refractivity contribution in [3.8, 4) is 23.1 Å². The van der Waals surface area contributed by atoms with E-state index in [9.17, 15) is 9.18 Å². The van der Waals surface area contributed by atoms with Crippen LogP contribution in [0.3, 0.4) is 0 Å². The molecule has 0 bridgehead atoms. The standard InChI is InChI=1S/C27H21FN4O/c28-23-10-7-20(8-11-23)6-9-22-18-24(12-13-25(22)26-5-1-2-16-30-26)32-27(33)31-17-14-21-4-3-15-29-19-21/h1-5,7-8,10-13,15-16,18-19H,14,17H2,(H2,31,32,33). The van der Waals surface area contributed by atoms with Crippen molar-refractivity contribution in [1.82, 2.24) is 15.3 Å². The monoisotopic (exact) mass is 436 g/mol. The Labute approximate surface area is 191 Å². The van der Waals surface area contributed by atoms with Crippen LogP contribution in [0.5, 0.6) is 0 Å². The zero-order valence-electron chi connectivity index (χ0n) is 17.8. The number of anilines is 1. The minimum Gasteiger partial charge on any atom is -0.338 e. The maximum absolute atomic E-state index is 13.2. The van der Waals surface area contributed by atoms with Crippen LogP contribution in [0.4, 0.5) is 14.9 Å². The Hall–Kier alpha value is -4.50. The van der Waals surface area contributed by atoms with Gasteiger partial charge in [-0.3, -0.25) is 9.97 Å². The highest BCUT2D eigenvalue weighted by Gasteiger charge is 2.08. The van der Waals surface area contributed by atoms with E-state index in [0.29, 0.717) is 29.8 Å². The van der Waals surface area contributed by atoms with Crippen molar-refractivity contribution in [2.24, 2.45) is 0 Å². The summed E-state index contributed by atoms with van der Waals surface area (Å²) in [6, 6.07) is 20.7. The average Bonchev–Trinajstić information content (AvgIpc) is 2.85. The molecule has 5 nitrogen and oxygen atoms in total. The Morgan fingerprint density at radius 2 is 1.82 bits per heavy atom. The molecular weight excluding hydrogens is 415 g/mol. The van der Waals surface area contributed by atoms with Crippen LogP contribution in [0.2, 0.25) is 0 Å². The van der Waals surface area contributed by atoms with Gasteiger partial charge in [-0.1, -0.05) is 24.0 Å². The Morgan fingerprint density at radius 3 is 2.58 bits per heavy atom. The highest BCUT2D eigenvalue weighted by molar-refractivity contribution is 5.90. The molecule has 0 aliphatic heterocycles.